The number of hydrogen-bond donors (Lipinski definition) is 0. The Morgan fingerprint density at radius 1 is 0.757 bits per heavy atom. The fourth-order valence-electron chi connectivity index (χ4n) is 4.81. The summed E-state index contributed by atoms with van der Waals surface area (Å²) >= 11 is 0. The van der Waals surface area contributed by atoms with Gasteiger partial charge in [0, 0.05) is 6.42 Å². The summed E-state index contributed by atoms with van der Waals surface area (Å²) in [5, 5.41) is 0. The van der Waals surface area contributed by atoms with Crippen LogP contribution < -0.4 is 0 Å². The predicted molar refractivity (Wildman–Crippen MR) is 157 cm³/mol. The van der Waals surface area contributed by atoms with Crippen molar-refractivity contribution in [3.8, 4) is 0 Å². The molecule has 0 rings (SSSR count). The number of esters is 2. The van der Waals surface area contributed by atoms with Gasteiger partial charge in [-0.25, -0.2) is 0 Å². The number of unbranched alkanes of at least 4 members (excludes halogenated alkanes) is 9. The van der Waals surface area contributed by atoms with Gasteiger partial charge in [-0.15, -0.1) is 0 Å². The van der Waals surface area contributed by atoms with E-state index >= 15 is 0 Å². The first kappa shape index (κ1) is 35.9. The van der Waals surface area contributed by atoms with Crippen molar-refractivity contribution in [2.45, 2.75) is 156 Å². The third kappa shape index (κ3) is 20.5. The largest absolute Gasteiger partial charge is 0.461 e. The van der Waals surface area contributed by atoms with Crippen molar-refractivity contribution >= 4 is 11.9 Å². The summed E-state index contributed by atoms with van der Waals surface area (Å²) in [6, 6.07) is 0. The van der Waals surface area contributed by atoms with Crippen molar-refractivity contribution < 1.29 is 19.1 Å². The molecule has 0 aliphatic rings. The van der Waals surface area contributed by atoms with Crippen molar-refractivity contribution in [2.75, 3.05) is 27.2 Å². The Morgan fingerprint density at radius 3 is 1.92 bits per heavy atom. The summed E-state index contributed by atoms with van der Waals surface area (Å²) in [4.78, 5) is 27.4. The quantitative estimate of drug-likeness (QED) is 0.0881. The molecule has 0 aromatic rings. The first-order valence-electron chi connectivity index (χ1n) is 15.7. The van der Waals surface area contributed by atoms with E-state index in [0.29, 0.717) is 6.42 Å². The maximum absolute atomic E-state index is 12.9. The molecule has 0 spiro atoms. The molecule has 0 aliphatic heterocycles. The van der Waals surface area contributed by atoms with Crippen LogP contribution in [0.15, 0.2) is 0 Å². The molecule has 1 unspecified atom stereocenters. The van der Waals surface area contributed by atoms with Crippen LogP contribution in [0.3, 0.4) is 0 Å². The van der Waals surface area contributed by atoms with Gasteiger partial charge in [-0.2, -0.15) is 0 Å². The first-order chi connectivity index (χ1) is 17.7. The minimum Gasteiger partial charge on any atom is -0.461 e. The lowest BCUT2D eigenvalue weighted by Gasteiger charge is -2.25. The first-order valence-corrected chi connectivity index (χ1v) is 15.7. The molecule has 5 heteroatoms. The zero-order valence-electron chi connectivity index (χ0n) is 25.9. The second-order valence-electron chi connectivity index (χ2n) is 12.0. The molecule has 37 heavy (non-hydrogen) atoms. The monoisotopic (exact) mass is 525 g/mol. The molecule has 0 aromatic heterocycles. The van der Waals surface area contributed by atoms with Crippen LogP contribution in [0.2, 0.25) is 0 Å². The molecule has 0 aliphatic carbocycles. The molecule has 0 fully saturated rings. The van der Waals surface area contributed by atoms with Crippen molar-refractivity contribution in [3.05, 3.63) is 0 Å². The van der Waals surface area contributed by atoms with Gasteiger partial charge in [0.25, 0.3) is 0 Å². The van der Waals surface area contributed by atoms with Crippen LogP contribution in [0, 0.1) is 11.3 Å². The third-order valence-corrected chi connectivity index (χ3v) is 7.69. The van der Waals surface area contributed by atoms with E-state index in [1.54, 1.807) is 0 Å². The van der Waals surface area contributed by atoms with Crippen LogP contribution in [0.25, 0.3) is 0 Å². The second-order valence-corrected chi connectivity index (χ2v) is 12.0. The molecule has 0 N–H and O–H groups in total. The van der Waals surface area contributed by atoms with E-state index < -0.39 is 5.41 Å². The molecule has 0 saturated carbocycles. The van der Waals surface area contributed by atoms with Crippen LogP contribution in [0.1, 0.15) is 150 Å². The van der Waals surface area contributed by atoms with Gasteiger partial charge in [-0.1, -0.05) is 104 Å². The summed E-state index contributed by atoms with van der Waals surface area (Å²) in [7, 11) is 4.01. The maximum atomic E-state index is 12.9. The molecular formula is C32H63NO4. The molecule has 0 bridgehead atoms. The normalized spacial score (nSPS) is 12.8. The van der Waals surface area contributed by atoms with Gasteiger partial charge in [0.1, 0.15) is 12.7 Å². The number of hydrogen-bond acceptors (Lipinski definition) is 5. The topological polar surface area (TPSA) is 55.8 Å². The summed E-state index contributed by atoms with van der Waals surface area (Å²) in [6.45, 7) is 11.8. The Labute approximate surface area is 230 Å². The SMILES string of the molecule is CCCCCCCCCCC(C)(C)C(=O)OCC(CCCCCC(CC)CC)OC(=O)CCCN(C)C. The Balaban J connectivity index is 4.55. The molecule has 0 heterocycles. The fraction of sp³-hybridized carbons (Fsp3) is 0.938. The molecule has 0 radical (unpaired) electrons. The van der Waals surface area contributed by atoms with Crippen LogP contribution in [0.5, 0.6) is 0 Å². The standard InChI is InChI=1S/C32H63NO4/c1-8-11-12-13-14-15-16-20-25-32(4,5)31(35)36-27-29(37-30(34)24-21-26-33(6)7)23-19-17-18-22-28(9-2)10-3/h28-29H,8-27H2,1-7H3. The summed E-state index contributed by atoms with van der Waals surface area (Å²) in [5.74, 6) is 0.463. The van der Waals surface area contributed by atoms with Crippen LogP contribution in [-0.4, -0.2) is 50.2 Å². The molecule has 5 nitrogen and oxygen atoms in total. The van der Waals surface area contributed by atoms with E-state index in [2.05, 4.69) is 25.7 Å². The van der Waals surface area contributed by atoms with E-state index in [4.69, 9.17) is 9.47 Å². The zero-order chi connectivity index (χ0) is 27.9. The van der Waals surface area contributed by atoms with E-state index in [1.165, 1.54) is 70.6 Å². The maximum Gasteiger partial charge on any atom is 0.311 e. The van der Waals surface area contributed by atoms with Crippen LogP contribution in [0.4, 0.5) is 0 Å². The number of nitrogens with zero attached hydrogens (tertiary/aromatic N) is 1. The van der Waals surface area contributed by atoms with E-state index in [0.717, 1.165) is 51.0 Å². The van der Waals surface area contributed by atoms with Gasteiger partial charge in [0.05, 0.1) is 5.41 Å². The molecule has 0 amide bonds. The van der Waals surface area contributed by atoms with Gasteiger partial charge in [0.15, 0.2) is 0 Å². The highest BCUT2D eigenvalue weighted by Crippen LogP contribution is 2.26. The Morgan fingerprint density at radius 2 is 1.32 bits per heavy atom. The highest BCUT2D eigenvalue weighted by molar-refractivity contribution is 5.76. The Kier molecular flexibility index (Phi) is 22.2. The van der Waals surface area contributed by atoms with Gasteiger partial charge in [-0.3, -0.25) is 9.59 Å². The van der Waals surface area contributed by atoms with Gasteiger partial charge in [0.2, 0.25) is 0 Å². The summed E-state index contributed by atoms with van der Waals surface area (Å²) in [5.41, 5.74) is -0.502. The third-order valence-electron chi connectivity index (χ3n) is 7.69. The molecule has 0 saturated heterocycles. The number of carbonyl (C=O) groups excluding carboxylic acids is 2. The number of ether oxygens (including phenoxy) is 2. The van der Waals surface area contributed by atoms with E-state index in [1.807, 2.05) is 27.9 Å². The highest BCUT2D eigenvalue weighted by atomic mass is 16.6. The van der Waals surface area contributed by atoms with Gasteiger partial charge < -0.3 is 14.4 Å². The minimum atomic E-state index is -0.502. The van der Waals surface area contributed by atoms with Gasteiger partial charge >= 0.3 is 11.9 Å². The lowest BCUT2D eigenvalue weighted by Crippen LogP contribution is -2.31. The van der Waals surface area contributed by atoms with Gasteiger partial charge in [-0.05, 0) is 66.1 Å². The van der Waals surface area contributed by atoms with Crippen molar-refractivity contribution in [1.82, 2.24) is 4.90 Å². The Hall–Kier alpha value is -1.10. The number of carbonyl (C=O) groups is 2. The molecule has 0 aromatic carbocycles. The lowest BCUT2D eigenvalue weighted by molar-refractivity contribution is -0.165. The lowest BCUT2D eigenvalue weighted by atomic mass is 9.87. The van der Waals surface area contributed by atoms with Crippen LogP contribution >= 0.6 is 0 Å². The molecular weight excluding hydrogens is 462 g/mol. The second kappa shape index (κ2) is 22.8. The minimum absolute atomic E-state index is 0.169. The fourth-order valence-corrected chi connectivity index (χ4v) is 4.81. The molecule has 1 atom stereocenters. The smallest absolute Gasteiger partial charge is 0.311 e. The number of rotatable bonds is 25. The van der Waals surface area contributed by atoms with Crippen molar-refractivity contribution in [3.63, 3.8) is 0 Å². The molecule has 220 valence electrons. The van der Waals surface area contributed by atoms with E-state index in [9.17, 15) is 9.59 Å². The summed E-state index contributed by atoms with van der Waals surface area (Å²) < 4.78 is 11.5. The highest BCUT2D eigenvalue weighted by Gasteiger charge is 2.30. The predicted octanol–water partition coefficient (Wildman–Crippen LogP) is 8.73. The van der Waals surface area contributed by atoms with Crippen molar-refractivity contribution in [1.29, 1.82) is 0 Å². The zero-order valence-corrected chi connectivity index (χ0v) is 25.9. The van der Waals surface area contributed by atoms with Crippen molar-refractivity contribution in [2.24, 2.45) is 11.3 Å². The average Bonchev–Trinajstić information content (AvgIpc) is 2.85. The summed E-state index contributed by atoms with van der Waals surface area (Å²) in [6.07, 6.45) is 19.6. The van der Waals surface area contributed by atoms with E-state index in [-0.39, 0.29) is 24.6 Å². The van der Waals surface area contributed by atoms with Crippen LogP contribution in [-0.2, 0) is 19.1 Å². The average molecular weight is 526 g/mol. The Bertz CT molecular complexity index is 557.